The smallest absolute Gasteiger partial charge is 0.136 e. The van der Waals surface area contributed by atoms with Gasteiger partial charge in [0.25, 0.3) is 0 Å². The summed E-state index contributed by atoms with van der Waals surface area (Å²) in [5.74, 6) is 0. The fourth-order valence-electron chi connectivity index (χ4n) is 6.74. The molecule has 0 N–H and O–H groups in total. The van der Waals surface area contributed by atoms with Gasteiger partial charge in [-0.15, -0.1) is 0 Å². The summed E-state index contributed by atoms with van der Waals surface area (Å²) >= 11 is 0. The predicted octanol–water partition coefficient (Wildman–Crippen LogP) is 11.2. The predicted molar refractivity (Wildman–Crippen MR) is 175 cm³/mol. The van der Waals surface area contributed by atoms with Crippen LogP contribution < -0.4 is 0 Å². The SMILES string of the molecule is CCCc1ccc2oc3cc4c5ccccc5n(-c5cccc(-c6ccc7oc8ccccc8c7c6)c5)c4cc3c2c1. The summed E-state index contributed by atoms with van der Waals surface area (Å²) in [6, 6.07) is 43.4. The third-order valence-electron chi connectivity index (χ3n) is 8.68. The number of para-hydroxylation sites is 2. The zero-order valence-electron chi connectivity index (χ0n) is 23.2. The lowest BCUT2D eigenvalue weighted by molar-refractivity contribution is 0.668. The van der Waals surface area contributed by atoms with Gasteiger partial charge in [-0.25, -0.2) is 0 Å². The number of furan rings is 2. The van der Waals surface area contributed by atoms with E-state index >= 15 is 0 Å². The minimum Gasteiger partial charge on any atom is -0.456 e. The first kappa shape index (κ1) is 23.4. The molecule has 6 aromatic carbocycles. The van der Waals surface area contributed by atoms with Crippen molar-refractivity contribution in [1.29, 1.82) is 0 Å². The van der Waals surface area contributed by atoms with E-state index in [1.165, 1.54) is 43.9 Å². The molecule has 0 saturated carbocycles. The van der Waals surface area contributed by atoms with Gasteiger partial charge >= 0.3 is 0 Å². The zero-order chi connectivity index (χ0) is 27.8. The normalized spacial score (nSPS) is 12.1. The van der Waals surface area contributed by atoms with E-state index in [-0.39, 0.29) is 0 Å². The summed E-state index contributed by atoms with van der Waals surface area (Å²) in [5.41, 5.74) is 10.9. The van der Waals surface area contributed by atoms with Crippen molar-refractivity contribution in [3.8, 4) is 16.8 Å². The van der Waals surface area contributed by atoms with Crippen molar-refractivity contribution in [2.45, 2.75) is 19.8 Å². The van der Waals surface area contributed by atoms with E-state index in [0.717, 1.165) is 57.0 Å². The third-order valence-corrected chi connectivity index (χ3v) is 8.68. The summed E-state index contributed by atoms with van der Waals surface area (Å²) in [7, 11) is 0. The van der Waals surface area contributed by atoms with Crippen LogP contribution in [0.3, 0.4) is 0 Å². The highest BCUT2D eigenvalue weighted by molar-refractivity contribution is 6.17. The minimum atomic E-state index is 0.914. The van der Waals surface area contributed by atoms with Gasteiger partial charge in [-0.1, -0.05) is 74.0 Å². The number of hydrogen-bond donors (Lipinski definition) is 0. The van der Waals surface area contributed by atoms with Crippen LogP contribution in [0.25, 0.3) is 82.5 Å². The Balaban J connectivity index is 1.28. The van der Waals surface area contributed by atoms with Crippen molar-refractivity contribution in [1.82, 2.24) is 4.57 Å². The van der Waals surface area contributed by atoms with Crippen molar-refractivity contribution >= 4 is 65.7 Å². The van der Waals surface area contributed by atoms with Gasteiger partial charge in [0.15, 0.2) is 0 Å². The van der Waals surface area contributed by atoms with Gasteiger partial charge in [0, 0.05) is 38.0 Å². The minimum absolute atomic E-state index is 0.914. The van der Waals surface area contributed by atoms with Crippen molar-refractivity contribution < 1.29 is 8.83 Å². The van der Waals surface area contributed by atoms with E-state index in [2.05, 4.69) is 121 Å². The molecule has 0 unspecified atom stereocenters. The Morgan fingerprint density at radius 1 is 0.476 bits per heavy atom. The Hall–Kier alpha value is -5.28. The van der Waals surface area contributed by atoms with Crippen LogP contribution >= 0.6 is 0 Å². The number of benzene rings is 6. The highest BCUT2D eigenvalue weighted by Gasteiger charge is 2.17. The Bertz CT molecular complexity index is 2490. The van der Waals surface area contributed by atoms with Crippen molar-refractivity contribution in [3.05, 3.63) is 127 Å². The molecule has 42 heavy (non-hydrogen) atoms. The number of rotatable bonds is 4. The van der Waals surface area contributed by atoms with Gasteiger partial charge in [0.05, 0.1) is 11.0 Å². The summed E-state index contributed by atoms with van der Waals surface area (Å²) in [4.78, 5) is 0. The van der Waals surface area contributed by atoms with Gasteiger partial charge in [-0.05, 0) is 83.8 Å². The summed E-state index contributed by atoms with van der Waals surface area (Å²) in [6.07, 6.45) is 2.19. The molecule has 9 rings (SSSR count). The van der Waals surface area contributed by atoms with Gasteiger partial charge in [0.1, 0.15) is 22.3 Å². The van der Waals surface area contributed by atoms with Crippen LogP contribution in [0.4, 0.5) is 0 Å². The average molecular weight is 542 g/mol. The first-order valence-corrected chi connectivity index (χ1v) is 14.7. The van der Waals surface area contributed by atoms with E-state index in [0.29, 0.717) is 0 Å². The Labute approximate surface area is 242 Å². The highest BCUT2D eigenvalue weighted by atomic mass is 16.3. The Morgan fingerprint density at radius 2 is 1.19 bits per heavy atom. The van der Waals surface area contributed by atoms with E-state index < -0.39 is 0 Å². The first-order valence-electron chi connectivity index (χ1n) is 14.7. The lowest BCUT2D eigenvalue weighted by Gasteiger charge is -2.10. The molecule has 0 spiro atoms. The number of aryl methyl sites for hydroxylation is 1. The van der Waals surface area contributed by atoms with Gasteiger partial charge in [0.2, 0.25) is 0 Å². The molecule has 0 bridgehead atoms. The van der Waals surface area contributed by atoms with Crippen LogP contribution in [0.15, 0.2) is 130 Å². The van der Waals surface area contributed by atoms with Crippen LogP contribution in [-0.2, 0) is 6.42 Å². The molecular weight excluding hydrogens is 514 g/mol. The number of hydrogen-bond acceptors (Lipinski definition) is 2. The molecule has 3 nitrogen and oxygen atoms in total. The van der Waals surface area contributed by atoms with Gasteiger partial charge in [-0.3, -0.25) is 0 Å². The van der Waals surface area contributed by atoms with Crippen molar-refractivity contribution in [3.63, 3.8) is 0 Å². The van der Waals surface area contributed by atoms with Crippen LogP contribution in [0.1, 0.15) is 18.9 Å². The van der Waals surface area contributed by atoms with Crippen molar-refractivity contribution in [2.24, 2.45) is 0 Å². The lowest BCUT2D eigenvalue weighted by atomic mass is 10.0. The molecule has 0 radical (unpaired) electrons. The van der Waals surface area contributed by atoms with Crippen LogP contribution in [0.5, 0.6) is 0 Å². The fourth-order valence-corrected chi connectivity index (χ4v) is 6.74. The monoisotopic (exact) mass is 541 g/mol. The second-order valence-electron chi connectivity index (χ2n) is 11.3. The van der Waals surface area contributed by atoms with Gasteiger partial charge in [-0.2, -0.15) is 0 Å². The molecule has 200 valence electrons. The number of fused-ring (bicyclic) bond motifs is 9. The number of nitrogens with zero attached hydrogens (tertiary/aromatic N) is 1. The fraction of sp³-hybridized carbons (Fsp3) is 0.0769. The standard InChI is InChI=1S/C39H27NO2/c1-2-8-24-15-17-37-31(19-24)33-22-35-30(23-39(33)42-37)28-11-3-5-13-34(28)40(35)27-10-7-9-25(20-27)26-16-18-38-32(21-26)29-12-4-6-14-36(29)41-38/h3-7,9-23H,2,8H2,1H3. The molecule has 0 saturated heterocycles. The molecule has 3 heteroatoms. The van der Waals surface area contributed by atoms with E-state index in [4.69, 9.17) is 8.83 Å². The average Bonchev–Trinajstić information content (AvgIpc) is 3.69. The van der Waals surface area contributed by atoms with Crippen LogP contribution in [-0.4, -0.2) is 4.57 Å². The maximum absolute atomic E-state index is 6.38. The van der Waals surface area contributed by atoms with E-state index in [1.807, 2.05) is 12.1 Å². The molecule has 0 aliphatic rings. The number of aromatic nitrogens is 1. The van der Waals surface area contributed by atoms with E-state index in [1.54, 1.807) is 0 Å². The second-order valence-corrected chi connectivity index (χ2v) is 11.3. The molecule has 0 aliphatic carbocycles. The van der Waals surface area contributed by atoms with Crippen molar-refractivity contribution in [2.75, 3.05) is 0 Å². The lowest BCUT2D eigenvalue weighted by Crippen LogP contribution is -1.94. The Kier molecular flexibility index (Phi) is 4.94. The molecule has 3 aromatic heterocycles. The summed E-state index contributed by atoms with van der Waals surface area (Å²) in [5, 5.41) is 7.05. The molecule has 0 aliphatic heterocycles. The maximum atomic E-state index is 6.38. The molecule has 3 heterocycles. The van der Waals surface area contributed by atoms with Crippen LogP contribution in [0.2, 0.25) is 0 Å². The van der Waals surface area contributed by atoms with Crippen LogP contribution in [0, 0.1) is 0 Å². The topological polar surface area (TPSA) is 31.2 Å². The van der Waals surface area contributed by atoms with E-state index in [9.17, 15) is 0 Å². The zero-order valence-corrected chi connectivity index (χ0v) is 23.2. The largest absolute Gasteiger partial charge is 0.456 e. The second kappa shape index (κ2) is 8.86. The first-order chi connectivity index (χ1) is 20.7. The third kappa shape index (κ3) is 3.40. The quantitative estimate of drug-likeness (QED) is 0.222. The summed E-state index contributed by atoms with van der Waals surface area (Å²) < 4.78 is 14.9. The Morgan fingerprint density at radius 3 is 2.10 bits per heavy atom. The highest BCUT2D eigenvalue weighted by Crippen LogP contribution is 2.39. The molecule has 0 atom stereocenters. The molecular formula is C39H27NO2. The summed E-state index contributed by atoms with van der Waals surface area (Å²) in [6.45, 7) is 2.23. The van der Waals surface area contributed by atoms with Gasteiger partial charge < -0.3 is 13.4 Å². The molecule has 0 amide bonds. The maximum Gasteiger partial charge on any atom is 0.136 e. The molecule has 9 aromatic rings. The molecule has 0 fully saturated rings.